The Balaban J connectivity index is 4.34. The van der Waals surface area contributed by atoms with Crippen molar-refractivity contribution < 1.29 is 9.53 Å². The van der Waals surface area contributed by atoms with E-state index < -0.39 is 0 Å². The second-order valence-electron chi connectivity index (χ2n) is 5.27. The van der Waals surface area contributed by atoms with E-state index in [9.17, 15) is 4.79 Å². The lowest BCUT2D eigenvalue weighted by atomic mass is 9.93. The Bertz CT molecular complexity index is 269. The molecular weight excluding hydrogens is 212 g/mol. The van der Waals surface area contributed by atoms with Crippen molar-refractivity contribution in [3.63, 3.8) is 0 Å². The van der Waals surface area contributed by atoms with E-state index in [2.05, 4.69) is 13.5 Å². The molecule has 0 saturated heterocycles. The van der Waals surface area contributed by atoms with Crippen LogP contribution < -0.4 is 0 Å². The van der Waals surface area contributed by atoms with Crippen LogP contribution in [0.3, 0.4) is 0 Å². The molecule has 0 heterocycles. The van der Waals surface area contributed by atoms with E-state index >= 15 is 0 Å². The predicted octanol–water partition coefficient (Wildman–Crippen LogP) is 4.62. The average molecular weight is 238 g/mol. The van der Waals surface area contributed by atoms with Gasteiger partial charge in [-0.15, -0.1) is 6.58 Å². The van der Waals surface area contributed by atoms with Gasteiger partial charge in [0.1, 0.15) is 5.76 Å². The number of carbonyl (C=O) groups excluding carboxylic acids is 1. The van der Waals surface area contributed by atoms with Crippen molar-refractivity contribution >= 4 is 5.97 Å². The Morgan fingerprint density at radius 1 is 1.29 bits per heavy atom. The summed E-state index contributed by atoms with van der Waals surface area (Å²) in [7, 11) is 0. The Kier molecular flexibility index (Phi) is 7.60. The SMILES string of the molecule is C=CCC=C(OC(=O)CCCCC)C(C)(C)C. The Morgan fingerprint density at radius 3 is 2.41 bits per heavy atom. The smallest absolute Gasteiger partial charge is 0.310 e. The summed E-state index contributed by atoms with van der Waals surface area (Å²) < 4.78 is 5.44. The minimum absolute atomic E-state index is 0.122. The zero-order valence-corrected chi connectivity index (χ0v) is 11.7. The molecule has 17 heavy (non-hydrogen) atoms. The van der Waals surface area contributed by atoms with E-state index in [-0.39, 0.29) is 11.4 Å². The van der Waals surface area contributed by atoms with Gasteiger partial charge >= 0.3 is 5.97 Å². The average Bonchev–Trinajstić information content (AvgIpc) is 2.23. The largest absolute Gasteiger partial charge is 0.431 e. The zero-order valence-electron chi connectivity index (χ0n) is 11.7. The second-order valence-corrected chi connectivity index (χ2v) is 5.27. The first-order valence-electron chi connectivity index (χ1n) is 6.44. The first kappa shape index (κ1) is 16.0. The van der Waals surface area contributed by atoms with Crippen molar-refractivity contribution in [2.45, 2.75) is 59.8 Å². The van der Waals surface area contributed by atoms with E-state index in [0.29, 0.717) is 6.42 Å². The van der Waals surface area contributed by atoms with Crippen LogP contribution in [0.25, 0.3) is 0 Å². The van der Waals surface area contributed by atoms with E-state index in [4.69, 9.17) is 4.74 Å². The molecule has 0 fully saturated rings. The van der Waals surface area contributed by atoms with E-state index in [1.54, 1.807) is 6.08 Å². The minimum atomic E-state index is -0.135. The molecule has 0 bridgehead atoms. The van der Waals surface area contributed by atoms with Crippen LogP contribution in [0.5, 0.6) is 0 Å². The molecule has 0 rings (SSSR count). The number of unbranched alkanes of at least 4 members (excludes halogenated alkanes) is 2. The first-order valence-corrected chi connectivity index (χ1v) is 6.44. The number of hydrogen-bond donors (Lipinski definition) is 0. The molecule has 0 aromatic heterocycles. The highest BCUT2D eigenvalue weighted by Crippen LogP contribution is 2.27. The molecule has 0 aromatic carbocycles. The van der Waals surface area contributed by atoms with Crippen molar-refractivity contribution in [3.05, 3.63) is 24.5 Å². The fourth-order valence-corrected chi connectivity index (χ4v) is 1.38. The Labute approximate surface area is 106 Å². The highest BCUT2D eigenvalue weighted by Gasteiger charge is 2.20. The summed E-state index contributed by atoms with van der Waals surface area (Å²) >= 11 is 0. The van der Waals surface area contributed by atoms with Crippen LogP contribution in [0, 0.1) is 5.41 Å². The third-order valence-electron chi connectivity index (χ3n) is 2.42. The lowest BCUT2D eigenvalue weighted by molar-refractivity contribution is -0.141. The van der Waals surface area contributed by atoms with E-state index in [1.165, 1.54) is 0 Å². The Morgan fingerprint density at radius 2 is 1.94 bits per heavy atom. The standard InChI is InChI=1S/C15H26O2/c1-6-8-10-12-14(16)17-13(11-9-7-2)15(3,4)5/h7,11H,2,6,8-10,12H2,1,3-5H3. The molecule has 0 N–H and O–H groups in total. The van der Waals surface area contributed by atoms with Crippen LogP contribution in [0.15, 0.2) is 24.5 Å². The molecule has 0 amide bonds. The monoisotopic (exact) mass is 238 g/mol. The molecular formula is C15H26O2. The molecule has 0 spiro atoms. The van der Waals surface area contributed by atoms with Gasteiger partial charge in [0.25, 0.3) is 0 Å². The summed E-state index contributed by atoms with van der Waals surface area (Å²) in [6.07, 6.45) is 8.09. The van der Waals surface area contributed by atoms with Gasteiger partial charge < -0.3 is 4.74 Å². The number of ether oxygens (including phenoxy) is 1. The fourth-order valence-electron chi connectivity index (χ4n) is 1.38. The lowest BCUT2D eigenvalue weighted by Crippen LogP contribution is -2.16. The van der Waals surface area contributed by atoms with Crippen molar-refractivity contribution in [1.82, 2.24) is 0 Å². The van der Waals surface area contributed by atoms with Crippen molar-refractivity contribution in [2.24, 2.45) is 5.41 Å². The van der Waals surface area contributed by atoms with Crippen molar-refractivity contribution in [3.8, 4) is 0 Å². The Hall–Kier alpha value is -1.05. The summed E-state index contributed by atoms with van der Waals surface area (Å²) in [5, 5.41) is 0. The molecule has 98 valence electrons. The van der Waals surface area contributed by atoms with Crippen molar-refractivity contribution in [2.75, 3.05) is 0 Å². The predicted molar refractivity (Wildman–Crippen MR) is 72.6 cm³/mol. The van der Waals surface area contributed by atoms with Crippen LogP contribution >= 0.6 is 0 Å². The lowest BCUT2D eigenvalue weighted by Gasteiger charge is -2.22. The van der Waals surface area contributed by atoms with Crippen LogP contribution in [-0.2, 0) is 9.53 Å². The maximum Gasteiger partial charge on any atom is 0.310 e. The molecule has 2 nitrogen and oxygen atoms in total. The third-order valence-corrected chi connectivity index (χ3v) is 2.42. The topological polar surface area (TPSA) is 26.3 Å². The number of carbonyl (C=O) groups is 1. The molecule has 0 radical (unpaired) electrons. The summed E-state index contributed by atoms with van der Waals surface area (Å²) in [6.45, 7) is 11.9. The van der Waals surface area contributed by atoms with Crippen molar-refractivity contribution in [1.29, 1.82) is 0 Å². The third kappa shape index (κ3) is 7.78. The summed E-state index contributed by atoms with van der Waals surface area (Å²) in [6, 6.07) is 0. The number of allylic oxidation sites excluding steroid dienone is 3. The molecule has 2 heteroatoms. The fraction of sp³-hybridized carbons (Fsp3) is 0.667. The van der Waals surface area contributed by atoms with Gasteiger partial charge in [-0.25, -0.2) is 0 Å². The minimum Gasteiger partial charge on any atom is -0.431 e. The number of esters is 1. The molecule has 0 atom stereocenters. The van der Waals surface area contributed by atoms with Crippen LogP contribution in [0.4, 0.5) is 0 Å². The number of hydrogen-bond acceptors (Lipinski definition) is 2. The van der Waals surface area contributed by atoms with Gasteiger partial charge in [-0.2, -0.15) is 0 Å². The number of rotatable bonds is 7. The second kappa shape index (κ2) is 8.10. The van der Waals surface area contributed by atoms with Crippen LogP contribution in [0.1, 0.15) is 59.8 Å². The van der Waals surface area contributed by atoms with Gasteiger partial charge in [0.05, 0.1) is 0 Å². The van der Waals surface area contributed by atoms with E-state index in [0.717, 1.165) is 31.4 Å². The molecule has 0 aromatic rings. The highest BCUT2D eigenvalue weighted by molar-refractivity contribution is 5.70. The zero-order chi connectivity index (χ0) is 13.3. The van der Waals surface area contributed by atoms with Gasteiger partial charge in [-0.3, -0.25) is 4.79 Å². The summed E-state index contributed by atoms with van der Waals surface area (Å²) in [4.78, 5) is 11.6. The maximum absolute atomic E-state index is 11.6. The molecule has 0 unspecified atom stereocenters. The quantitative estimate of drug-likeness (QED) is 0.280. The van der Waals surface area contributed by atoms with Gasteiger partial charge in [-0.1, -0.05) is 46.6 Å². The summed E-state index contributed by atoms with van der Waals surface area (Å²) in [5.74, 6) is 0.627. The van der Waals surface area contributed by atoms with Gasteiger partial charge in [0.2, 0.25) is 0 Å². The van der Waals surface area contributed by atoms with E-state index in [1.807, 2.05) is 26.8 Å². The molecule has 0 aliphatic heterocycles. The molecule has 0 aliphatic carbocycles. The van der Waals surface area contributed by atoms with Gasteiger partial charge in [-0.05, 0) is 18.9 Å². The molecule has 0 saturated carbocycles. The normalized spacial score (nSPS) is 12.4. The summed E-state index contributed by atoms with van der Waals surface area (Å²) in [5.41, 5.74) is -0.135. The molecule has 0 aliphatic rings. The van der Waals surface area contributed by atoms with Crippen LogP contribution in [-0.4, -0.2) is 5.97 Å². The first-order chi connectivity index (χ1) is 7.91. The van der Waals surface area contributed by atoms with Gasteiger partial charge in [0, 0.05) is 11.8 Å². The van der Waals surface area contributed by atoms with Crippen LogP contribution in [0.2, 0.25) is 0 Å². The van der Waals surface area contributed by atoms with Gasteiger partial charge in [0.15, 0.2) is 0 Å². The maximum atomic E-state index is 11.6. The highest BCUT2D eigenvalue weighted by atomic mass is 16.5.